The van der Waals surface area contributed by atoms with E-state index in [1.807, 2.05) is 43.5 Å². The highest BCUT2D eigenvalue weighted by Gasteiger charge is 2.31. The Labute approximate surface area is 191 Å². The minimum absolute atomic E-state index is 0.136. The van der Waals surface area contributed by atoms with Gasteiger partial charge in [-0.05, 0) is 84.9 Å². The maximum absolute atomic E-state index is 13.0. The standard InChI is InChI=1S/C26H25NO4S/c1-26(2)13-19-12-18(9-10-21(19)31-26)23(28)27-24-22(25(29)30)20(14-32-24)17-8-7-15-5-3-4-6-16(15)11-17/h3-6,9-10,12,14,17H,7-8,11,13H2,1-2H3,(H,27,28)(H,29,30). The molecule has 1 unspecified atom stereocenters. The fourth-order valence-electron chi connectivity index (χ4n) is 4.87. The van der Waals surface area contributed by atoms with Crippen LogP contribution in [0.15, 0.2) is 47.8 Å². The second kappa shape index (κ2) is 7.78. The summed E-state index contributed by atoms with van der Waals surface area (Å²) in [6.07, 6.45) is 3.39. The summed E-state index contributed by atoms with van der Waals surface area (Å²) in [7, 11) is 0. The number of aryl methyl sites for hydroxylation is 1. The summed E-state index contributed by atoms with van der Waals surface area (Å²) in [5.74, 6) is -0.368. The zero-order valence-corrected chi connectivity index (χ0v) is 18.9. The van der Waals surface area contributed by atoms with Crippen molar-refractivity contribution in [3.63, 3.8) is 0 Å². The number of anilines is 1. The third-order valence-electron chi connectivity index (χ3n) is 6.37. The van der Waals surface area contributed by atoms with Gasteiger partial charge in [0, 0.05) is 12.0 Å². The molecule has 5 rings (SSSR count). The third-order valence-corrected chi connectivity index (χ3v) is 7.29. The summed E-state index contributed by atoms with van der Waals surface area (Å²) in [5.41, 5.74) is 4.87. The quantitative estimate of drug-likeness (QED) is 0.539. The van der Waals surface area contributed by atoms with Gasteiger partial charge in [0.2, 0.25) is 0 Å². The molecule has 6 heteroatoms. The number of fused-ring (bicyclic) bond motifs is 2. The van der Waals surface area contributed by atoms with Gasteiger partial charge in [0.1, 0.15) is 16.4 Å². The minimum atomic E-state index is -1.00. The average Bonchev–Trinajstić information content (AvgIpc) is 3.31. The SMILES string of the molecule is CC1(C)Cc2cc(C(=O)Nc3scc(C4CCc5ccccc5C4)c3C(=O)O)ccc2O1. The van der Waals surface area contributed by atoms with Crippen LogP contribution in [0.1, 0.15) is 69.2 Å². The van der Waals surface area contributed by atoms with E-state index in [0.29, 0.717) is 10.6 Å². The number of hydrogen-bond acceptors (Lipinski definition) is 4. The van der Waals surface area contributed by atoms with E-state index < -0.39 is 5.97 Å². The molecule has 1 aliphatic heterocycles. The molecule has 0 fully saturated rings. The van der Waals surface area contributed by atoms with Crippen molar-refractivity contribution in [2.45, 2.75) is 51.0 Å². The van der Waals surface area contributed by atoms with Crippen molar-refractivity contribution >= 4 is 28.2 Å². The zero-order valence-electron chi connectivity index (χ0n) is 18.1. The highest BCUT2D eigenvalue weighted by Crippen LogP contribution is 2.40. The number of thiophene rings is 1. The van der Waals surface area contributed by atoms with E-state index in [1.165, 1.54) is 22.5 Å². The molecule has 2 N–H and O–H groups in total. The van der Waals surface area contributed by atoms with Crippen molar-refractivity contribution in [2.75, 3.05) is 5.32 Å². The first-order valence-electron chi connectivity index (χ1n) is 10.9. The molecule has 0 spiro atoms. The molecule has 164 valence electrons. The van der Waals surface area contributed by atoms with Crippen molar-refractivity contribution in [3.8, 4) is 5.75 Å². The van der Waals surface area contributed by atoms with Gasteiger partial charge in [0.05, 0.1) is 5.56 Å². The zero-order chi connectivity index (χ0) is 22.5. The number of carboxylic acid groups (broad SMARTS) is 1. The Kier molecular flexibility index (Phi) is 5.05. The molecule has 2 aliphatic rings. The van der Waals surface area contributed by atoms with Gasteiger partial charge in [-0.15, -0.1) is 11.3 Å². The average molecular weight is 448 g/mol. The number of carboxylic acids is 1. The number of rotatable bonds is 4. The molecule has 0 bridgehead atoms. The summed E-state index contributed by atoms with van der Waals surface area (Å²) in [4.78, 5) is 25.1. The van der Waals surface area contributed by atoms with E-state index >= 15 is 0 Å². The van der Waals surface area contributed by atoms with E-state index in [2.05, 4.69) is 17.4 Å². The van der Waals surface area contributed by atoms with Crippen LogP contribution in [-0.4, -0.2) is 22.6 Å². The Morgan fingerprint density at radius 1 is 1.12 bits per heavy atom. The molecule has 2 heterocycles. The van der Waals surface area contributed by atoms with Crippen molar-refractivity contribution in [2.24, 2.45) is 0 Å². The van der Waals surface area contributed by atoms with Crippen molar-refractivity contribution in [1.82, 2.24) is 0 Å². The predicted molar refractivity (Wildman–Crippen MR) is 125 cm³/mol. The van der Waals surface area contributed by atoms with Crippen LogP contribution >= 0.6 is 11.3 Å². The van der Waals surface area contributed by atoms with Gasteiger partial charge in [-0.1, -0.05) is 24.3 Å². The summed E-state index contributed by atoms with van der Waals surface area (Å²) in [6, 6.07) is 13.7. The molecule has 1 aliphatic carbocycles. The molecular weight excluding hydrogens is 422 g/mol. The molecular formula is C26H25NO4S. The number of nitrogens with one attached hydrogen (secondary N) is 1. The fourth-order valence-corrected chi connectivity index (χ4v) is 5.90. The molecule has 32 heavy (non-hydrogen) atoms. The number of amides is 1. The summed E-state index contributed by atoms with van der Waals surface area (Å²) in [5, 5.41) is 15.1. The highest BCUT2D eigenvalue weighted by atomic mass is 32.1. The molecule has 1 amide bonds. The van der Waals surface area contributed by atoms with Crippen LogP contribution < -0.4 is 10.1 Å². The van der Waals surface area contributed by atoms with Gasteiger partial charge in [-0.3, -0.25) is 4.79 Å². The number of carbonyl (C=O) groups is 2. The number of aromatic carboxylic acids is 1. The van der Waals surface area contributed by atoms with Crippen molar-refractivity contribution in [1.29, 1.82) is 0 Å². The monoisotopic (exact) mass is 447 g/mol. The molecule has 1 aromatic heterocycles. The van der Waals surface area contributed by atoms with E-state index in [-0.39, 0.29) is 23.0 Å². The topological polar surface area (TPSA) is 75.6 Å². The van der Waals surface area contributed by atoms with Crippen LogP contribution in [0, 0.1) is 0 Å². The maximum atomic E-state index is 13.0. The minimum Gasteiger partial charge on any atom is -0.487 e. The van der Waals surface area contributed by atoms with Gasteiger partial charge in [-0.25, -0.2) is 4.79 Å². The number of benzene rings is 2. The van der Waals surface area contributed by atoms with Crippen molar-refractivity contribution < 1.29 is 19.4 Å². The molecule has 0 radical (unpaired) electrons. The first kappa shape index (κ1) is 20.8. The second-order valence-electron chi connectivity index (χ2n) is 9.22. The van der Waals surface area contributed by atoms with Crippen LogP contribution in [-0.2, 0) is 19.3 Å². The number of ether oxygens (including phenoxy) is 1. The lowest BCUT2D eigenvalue weighted by molar-refractivity contribution is 0.0696. The summed E-state index contributed by atoms with van der Waals surface area (Å²) >= 11 is 1.29. The van der Waals surface area contributed by atoms with E-state index in [9.17, 15) is 14.7 Å². The predicted octanol–water partition coefficient (Wildman–Crippen LogP) is 5.68. The van der Waals surface area contributed by atoms with Crippen LogP contribution in [0.4, 0.5) is 5.00 Å². The maximum Gasteiger partial charge on any atom is 0.339 e. The molecule has 0 saturated heterocycles. The van der Waals surface area contributed by atoms with E-state index in [1.54, 1.807) is 6.07 Å². The van der Waals surface area contributed by atoms with Crippen molar-refractivity contribution in [3.05, 3.63) is 81.2 Å². The largest absolute Gasteiger partial charge is 0.487 e. The normalized spacial score (nSPS) is 18.4. The molecule has 1 atom stereocenters. The van der Waals surface area contributed by atoms with E-state index in [4.69, 9.17) is 4.74 Å². The lowest BCUT2D eigenvalue weighted by Gasteiger charge is -2.24. The lowest BCUT2D eigenvalue weighted by atomic mass is 9.80. The summed E-state index contributed by atoms with van der Waals surface area (Å²) in [6.45, 7) is 4.03. The van der Waals surface area contributed by atoms with Gasteiger partial charge < -0.3 is 15.2 Å². The molecule has 3 aromatic rings. The van der Waals surface area contributed by atoms with Gasteiger partial charge >= 0.3 is 5.97 Å². The van der Waals surface area contributed by atoms with Crippen LogP contribution in [0.2, 0.25) is 0 Å². The molecule has 2 aromatic carbocycles. The third kappa shape index (κ3) is 3.79. The van der Waals surface area contributed by atoms with Crippen LogP contribution in [0.5, 0.6) is 5.75 Å². The number of hydrogen-bond donors (Lipinski definition) is 2. The van der Waals surface area contributed by atoms with E-state index in [0.717, 1.165) is 42.6 Å². The van der Waals surface area contributed by atoms with Gasteiger partial charge in [0.25, 0.3) is 5.91 Å². The van der Waals surface area contributed by atoms with Crippen LogP contribution in [0.25, 0.3) is 0 Å². The number of carbonyl (C=O) groups excluding carboxylic acids is 1. The Balaban J connectivity index is 1.39. The first-order chi connectivity index (χ1) is 15.3. The molecule has 5 nitrogen and oxygen atoms in total. The Bertz CT molecular complexity index is 1230. The lowest BCUT2D eigenvalue weighted by Crippen LogP contribution is -2.24. The molecule has 0 saturated carbocycles. The Morgan fingerprint density at radius 3 is 2.69 bits per heavy atom. The second-order valence-corrected chi connectivity index (χ2v) is 10.1. The smallest absolute Gasteiger partial charge is 0.339 e. The first-order valence-corrected chi connectivity index (χ1v) is 11.7. The van der Waals surface area contributed by atoms with Gasteiger partial charge in [0.15, 0.2) is 0 Å². The van der Waals surface area contributed by atoms with Gasteiger partial charge in [-0.2, -0.15) is 0 Å². The summed E-state index contributed by atoms with van der Waals surface area (Å²) < 4.78 is 5.89. The Hall–Kier alpha value is -3.12. The highest BCUT2D eigenvalue weighted by molar-refractivity contribution is 7.15. The Morgan fingerprint density at radius 2 is 1.91 bits per heavy atom. The fraction of sp³-hybridized carbons (Fsp3) is 0.308. The van der Waals surface area contributed by atoms with Crippen LogP contribution in [0.3, 0.4) is 0 Å².